The van der Waals surface area contributed by atoms with Crippen molar-refractivity contribution in [2.75, 3.05) is 13.7 Å². The molecule has 0 unspecified atom stereocenters. The summed E-state index contributed by atoms with van der Waals surface area (Å²) in [5.41, 5.74) is 2.54. The van der Waals surface area contributed by atoms with E-state index in [1.54, 1.807) is 36.7 Å². The SMILES string of the molecule is COc1ccc(COc2c(F)cc(C(=O)NCC3CCC(n4cc5ccc(-c6cnc(Cl)nc6)cc5n4)CC3)c(F)c2F)cc1. The predicted octanol–water partition coefficient (Wildman–Crippen LogP) is 7.31. The highest BCUT2D eigenvalue weighted by atomic mass is 35.5. The second-order valence-corrected chi connectivity index (χ2v) is 11.3. The molecule has 5 aromatic rings. The highest BCUT2D eigenvalue weighted by Crippen LogP contribution is 2.34. The van der Waals surface area contributed by atoms with Crippen molar-refractivity contribution in [3.63, 3.8) is 0 Å². The Morgan fingerprint density at radius 1 is 0.978 bits per heavy atom. The molecule has 8 nitrogen and oxygen atoms in total. The van der Waals surface area contributed by atoms with Crippen LogP contribution in [0.15, 0.2) is 67.1 Å². The first kappa shape index (κ1) is 30.4. The molecular weight excluding hydrogens is 607 g/mol. The second-order valence-electron chi connectivity index (χ2n) is 11.0. The Balaban J connectivity index is 1.03. The van der Waals surface area contributed by atoms with Crippen LogP contribution in [0.2, 0.25) is 5.28 Å². The Morgan fingerprint density at radius 2 is 1.71 bits per heavy atom. The molecule has 2 aromatic heterocycles. The minimum absolute atomic E-state index is 0.136. The maximum Gasteiger partial charge on any atom is 0.254 e. The predicted molar refractivity (Wildman–Crippen MR) is 163 cm³/mol. The lowest BCUT2D eigenvalue weighted by atomic mass is 9.86. The summed E-state index contributed by atoms with van der Waals surface area (Å²) in [5, 5.41) is 8.65. The van der Waals surface area contributed by atoms with Gasteiger partial charge in [0.1, 0.15) is 12.4 Å². The maximum atomic E-state index is 14.8. The lowest BCUT2D eigenvalue weighted by Crippen LogP contribution is -2.32. The summed E-state index contributed by atoms with van der Waals surface area (Å²) in [6, 6.07) is 13.5. The van der Waals surface area contributed by atoms with Crippen LogP contribution < -0.4 is 14.8 Å². The lowest BCUT2D eigenvalue weighted by Gasteiger charge is -2.28. The third-order valence-corrected chi connectivity index (χ3v) is 8.32. The van der Waals surface area contributed by atoms with Crippen LogP contribution in [0.25, 0.3) is 22.0 Å². The standard InChI is InChI=1S/C33H29ClF3N5O3/c1-44-25-10-4-20(5-11-25)18-45-31-27(35)13-26(29(36)30(31)37)32(43)38-14-19-2-8-24(9-3-19)42-17-22-7-6-21(12-28(22)41-42)23-15-39-33(34)40-16-23/h4-7,10-13,15-17,19,24H,2-3,8-9,14,18H2,1H3,(H,38,43). The average molecular weight is 636 g/mol. The summed E-state index contributed by atoms with van der Waals surface area (Å²) in [6.07, 6.45) is 8.65. The van der Waals surface area contributed by atoms with Gasteiger partial charge in [-0.15, -0.1) is 0 Å². The highest BCUT2D eigenvalue weighted by Gasteiger charge is 2.27. The van der Waals surface area contributed by atoms with Gasteiger partial charge in [0.05, 0.1) is 24.2 Å². The summed E-state index contributed by atoms with van der Waals surface area (Å²) in [6.45, 7) is 0.0669. The topological polar surface area (TPSA) is 91.2 Å². The molecule has 1 aliphatic rings. The number of benzene rings is 3. The third kappa shape index (κ3) is 6.73. The van der Waals surface area contributed by atoms with Crippen molar-refractivity contribution >= 4 is 28.4 Å². The molecule has 12 heteroatoms. The van der Waals surface area contributed by atoms with E-state index >= 15 is 0 Å². The molecule has 2 heterocycles. The van der Waals surface area contributed by atoms with E-state index in [4.69, 9.17) is 26.2 Å². The molecule has 6 rings (SSSR count). The van der Waals surface area contributed by atoms with Gasteiger partial charge in [0.25, 0.3) is 5.91 Å². The number of ether oxygens (including phenoxy) is 2. The Hall–Kier alpha value is -4.64. The number of aromatic nitrogens is 4. The summed E-state index contributed by atoms with van der Waals surface area (Å²) in [4.78, 5) is 20.8. The molecule has 3 aromatic carbocycles. The van der Waals surface area contributed by atoms with Gasteiger partial charge in [-0.3, -0.25) is 9.48 Å². The van der Waals surface area contributed by atoms with E-state index in [0.717, 1.165) is 47.7 Å². The minimum Gasteiger partial charge on any atom is -0.497 e. The molecule has 1 aliphatic carbocycles. The Kier molecular flexibility index (Phi) is 8.88. The maximum absolute atomic E-state index is 14.8. The van der Waals surface area contributed by atoms with Crippen LogP contribution in [0.4, 0.5) is 13.2 Å². The van der Waals surface area contributed by atoms with E-state index in [2.05, 4.69) is 15.3 Å². The molecule has 1 N–H and O–H groups in total. The van der Waals surface area contributed by atoms with Crippen LogP contribution in [0.5, 0.6) is 11.5 Å². The van der Waals surface area contributed by atoms with Gasteiger partial charge in [-0.25, -0.2) is 18.7 Å². The zero-order valence-electron chi connectivity index (χ0n) is 24.3. The van der Waals surface area contributed by atoms with Crippen molar-refractivity contribution in [3.05, 3.63) is 101 Å². The normalized spacial score (nSPS) is 16.5. The van der Waals surface area contributed by atoms with Crippen LogP contribution in [-0.2, 0) is 6.61 Å². The van der Waals surface area contributed by atoms with Crippen molar-refractivity contribution in [1.82, 2.24) is 25.1 Å². The number of hydrogen-bond donors (Lipinski definition) is 1. The van der Waals surface area contributed by atoms with E-state index in [-0.39, 0.29) is 30.4 Å². The molecular formula is C33H29ClF3N5O3. The molecule has 0 saturated heterocycles. The first-order valence-corrected chi connectivity index (χ1v) is 14.8. The van der Waals surface area contributed by atoms with Gasteiger partial charge in [0.2, 0.25) is 11.1 Å². The summed E-state index contributed by atoms with van der Waals surface area (Å²) in [7, 11) is 1.52. The van der Waals surface area contributed by atoms with Crippen LogP contribution in [-0.4, -0.2) is 39.3 Å². The van der Waals surface area contributed by atoms with Crippen LogP contribution in [0.1, 0.15) is 47.6 Å². The largest absolute Gasteiger partial charge is 0.497 e. The van der Waals surface area contributed by atoms with Gasteiger partial charge in [-0.05, 0) is 78.6 Å². The number of nitrogens with one attached hydrogen (secondary N) is 1. The van der Waals surface area contributed by atoms with E-state index in [9.17, 15) is 18.0 Å². The molecule has 0 radical (unpaired) electrons. The van der Waals surface area contributed by atoms with Crippen LogP contribution >= 0.6 is 11.6 Å². The smallest absolute Gasteiger partial charge is 0.254 e. The van der Waals surface area contributed by atoms with Crippen LogP contribution in [0.3, 0.4) is 0 Å². The second kappa shape index (κ2) is 13.2. The number of hydrogen-bond acceptors (Lipinski definition) is 6. The summed E-state index contributed by atoms with van der Waals surface area (Å²) >= 11 is 5.80. The number of fused-ring (bicyclic) bond motifs is 1. The van der Waals surface area contributed by atoms with Crippen molar-refractivity contribution in [1.29, 1.82) is 0 Å². The van der Waals surface area contributed by atoms with Crippen molar-refractivity contribution in [2.24, 2.45) is 5.92 Å². The molecule has 45 heavy (non-hydrogen) atoms. The lowest BCUT2D eigenvalue weighted by molar-refractivity contribution is 0.0935. The highest BCUT2D eigenvalue weighted by molar-refractivity contribution is 6.28. The Labute approximate surface area is 262 Å². The first-order chi connectivity index (χ1) is 21.8. The Morgan fingerprint density at radius 3 is 2.42 bits per heavy atom. The summed E-state index contributed by atoms with van der Waals surface area (Å²) in [5.74, 6) is -5.17. The van der Waals surface area contributed by atoms with Gasteiger partial charge >= 0.3 is 0 Å². The fraction of sp³-hybridized carbons (Fsp3) is 0.273. The molecule has 232 valence electrons. The molecule has 0 bridgehead atoms. The van der Waals surface area contributed by atoms with E-state index in [1.807, 2.05) is 29.1 Å². The molecule has 1 fully saturated rings. The molecule has 1 amide bonds. The van der Waals surface area contributed by atoms with Crippen molar-refractivity contribution < 1.29 is 27.4 Å². The van der Waals surface area contributed by atoms with Gasteiger partial charge in [0.15, 0.2) is 17.4 Å². The number of nitrogens with zero attached hydrogens (tertiary/aromatic N) is 4. The number of halogens is 4. The minimum atomic E-state index is -1.55. The van der Waals surface area contributed by atoms with Gasteiger partial charge < -0.3 is 14.8 Å². The van der Waals surface area contributed by atoms with Crippen LogP contribution in [0, 0.1) is 23.4 Å². The number of carbonyl (C=O) groups excluding carboxylic acids is 1. The molecule has 0 aliphatic heterocycles. The monoisotopic (exact) mass is 635 g/mol. The summed E-state index contributed by atoms with van der Waals surface area (Å²) < 4.78 is 56.6. The van der Waals surface area contributed by atoms with Gasteiger partial charge in [-0.1, -0.05) is 24.3 Å². The molecule has 1 saturated carbocycles. The van der Waals surface area contributed by atoms with Gasteiger partial charge in [0, 0.05) is 36.1 Å². The third-order valence-electron chi connectivity index (χ3n) is 8.12. The quantitative estimate of drug-likeness (QED) is 0.135. The van der Waals surface area contributed by atoms with Crippen molar-refractivity contribution in [2.45, 2.75) is 38.3 Å². The molecule has 0 spiro atoms. The van der Waals surface area contributed by atoms with E-state index in [1.165, 1.54) is 7.11 Å². The average Bonchev–Trinajstić information content (AvgIpc) is 3.50. The number of rotatable bonds is 9. The number of methoxy groups -OCH3 is 1. The molecule has 0 atom stereocenters. The van der Waals surface area contributed by atoms with Crippen molar-refractivity contribution in [3.8, 4) is 22.6 Å². The first-order valence-electron chi connectivity index (χ1n) is 14.5. The number of amides is 1. The number of carbonyl (C=O) groups is 1. The Bertz CT molecular complexity index is 1820. The van der Waals surface area contributed by atoms with Gasteiger partial charge in [-0.2, -0.15) is 9.49 Å². The van der Waals surface area contributed by atoms with E-state index in [0.29, 0.717) is 17.4 Å². The fourth-order valence-electron chi connectivity index (χ4n) is 5.56. The zero-order chi connectivity index (χ0) is 31.5. The van der Waals surface area contributed by atoms with E-state index < -0.39 is 34.7 Å². The zero-order valence-corrected chi connectivity index (χ0v) is 25.0. The fourth-order valence-corrected chi connectivity index (χ4v) is 5.66.